The summed E-state index contributed by atoms with van der Waals surface area (Å²) in [6, 6.07) is 10.0. The average Bonchev–Trinajstić information content (AvgIpc) is 3.20. The van der Waals surface area contributed by atoms with Gasteiger partial charge in [0.2, 0.25) is 0 Å². The first-order chi connectivity index (χ1) is 13.5. The van der Waals surface area contributed by atoms with Gasteiger partial charge in [-0.2, -0.15) is 5.10 Å². The highest BCUT2D eigenvalue weighted by Crippen LogP contribution is 2.30. The summed E-state index contributed by atoms with van der Waals surface area (Å²) in [6.07, 6.45) is 1.41. The number of fused-ring (bicyclic) bond motifs is 1. The number of aryl methyl sites for hydroxylation is 4. The van der Waals surface area contributed by atoms with Crippen molar-refractivity contribution in [3.05, 3.63) is 64.5 Å². The number of amides is 1. The first-order valence-corrected chi connectivity index (χ1v) is 9.55. The Balaban J connectivity index is 1.56. The predicted octanol–water partition coefficient (Wildman–Crippen LogP) is 2.54. The summed E-state index contributed by atoms with van der Waals surface area (Å²) in [5.41, 5.74) is 4.61. The molecular formula is C21H25N5O2. The Labute approximate surface area is 164 Å². The monoisotopic (exact) mass is 379 g/mol. The number of H-pyrrole nitrogens is 1. The van der Waals surface area contributed by atoms with E-state index in [9.17, 15) is 4.79 Å². The third-order valence-electron chi connectivity index (χ3n) is 5.24. The van der Waals surface area contributed by atoms with E-state index < -0.39 is 0 Å². The minimum absolute atomic E-state index is 0.124. The number of ether oxygens (including phenoxy) is 1. The van der Waals surface area contributed by atoms with Gasteiger partial charge in [0.25, 0.3) is 5.91 Å². The fraction of sp³-hybridized carbons (Fsp3) is 0.381. The molecule has 0 bridgehead atoms. The van der Waals surface area contributed by atoms with E-state index in [1.54, 1.807) is 7.11 Å². The van der Waals surface area contributed by atoms with Gasteiger partial charge in [0.05, 0.1) is 12.8 Å². The van der Waals surface area contributed by atoms with Crippen molar-refractivity contribution in [2.75, 3.05) is 13.7 Å². The zero-order chi connectivity index (χ0) is 19.7. The van der Waals surface area contributed by atoms with Crippen LogP contribution >= 0.6 is 0 Å². The lowest BCUT2D eigenvalue weighted by molar-refractivity contribution is 0.0950. The summed E-state index contributed by atoms with van der Waals surface area (Å²) in [7, 11) is 1.67. The lowest BCUT2D eigenvalue weighted by atomic mass is 9.93. The summed E-state index contributed by atoms with van der Waals surface area (Å²) >= 11 is 0. The van der Waals surface area contributed by atoms with E-state index in [-0.39, 0.29) is 11.8 Å². The number of aromatic nitrogens is 4. The summed E-state index contributed by atoms with van der Waals surface area (Å²) in [5.74, 6) is 1.66. The third kappa shape index (κ3) is 3.52. The maximum absolute atomic E-state index is 12.5. The van der Waals surface area contributed by atoms with Crippen LogP contribution in [0.5, 0.6) is 5.75 Å². The van der Waals surface area contributed by atoms with Crippen molar-refractivity contribution in [2.24, 2.45) is 0 Å². The molecule has 1 unspecified atom stereocenters. The van der Waals surface area contributed by atoms with Gasteiger partial charge in [0, 0.05) is 36.8 Å². The molecule has 146 valence electrons. The highest BCUT2D eigenvalue weighted by molar-refractivity contribution is 5.94. The van der Waals surface area contributed by atoms with Crippen molar-refractivity contribution in [2.45, 2.75) is 39.2 Å². The van der Waals surface area contributed by atoms with Crippen molar-refractivity contribution in [3.8, 4) is 5.75 Å². The normalized spacial score (nSPS) is 16.4. The first kappa shape index (κ1) is 18.3. The molecule has 3 aromatic rings. The number of carbonyl (C=O) groups is 1. The second-order valence-electron chi connectivity index (χ2n) is 7.26. The smallest absolute Gasteiger partial charge is 0.271 e. The second kappa shape index (κ2) is 7.50. The van der Waals surface area contributed by atoms with Crippen molar-refractivity contribution < 1.29 is 9.53 Å². The van der Waals surface area contributed by atoms with Crippen LogP contribution in [0.3, 0.4) is 0 Å². The van der Waals surface area contributed by atoms with E-state index in [0.717, 1.165) is 40.8 Å². The molecule has 1 aromatic carbocycles. The minimum Gasteiger partial charge on any atom is -0.496 e. The van der Waals surface area contributed by atoms with Crippen LogP contribution in [0.15, 0.2) is 30.3 Å². The summed E-state index contributed by atoms with van der Waals surface area (Å²) in [6.45, 7) is 5.32. The number of para-hydroxylation sites is 1. The number of hydrogen-bond acceptors (Lipinski definition) is 4. The lowest BCUT2D eigenvalue weighted by Gasteiger charge is -2.17. The second-order valence-corrected chi connectivity index (χ2v) is 7.26. The van der Waals surface area contributed by atoms with E-state index in [0.29, 0.717) is 25.1 Å². The van der Waals surface area contributed by atoms with E-state index in [2.05, 4.69) is 32.5 Å². The molecule has 1 atom stereocenters. The molecule has 0 saturated heterocycles. The molecule has 1 aliphatic heterocycles. The molecule has 0 saturated carbocycles. The van der Waals surface area contributed by atoms with Gasteiger partial charge in [-0.3, -0.25) is 9.48 Å². The molecular weight excluding hydrogens is 354 g/mol. The number of carbonyl (C=O) groups excluding carboxylic acids is 1. The van der Waals surface area contributed by atoms with Gasteiger partial charge in [-0.1, -0.05) is 18.2 Å². The number of rotatable bonds is 5. The summed E-state index contributed by atoms with van der Waals surface area (Å²) in [5, 5.41) is 7.50. The maximum Gasteiger partial charge on any atom is 0.271 e. The van der Waals surface area contributed by atoms with Gasteiger partial charge < -0.3 is 15.0 Å². The van der Waals surface area contributed by atoms with Gasteiger partial charge >= 0.3 is 0 Å². The van der Waals surface area contributed by atoms with Crippen LogP contribution in [0.1, 0.15) is 44.9 Å². The van der Waals surface area contributed by atoms with Gasteiger partial charge in [-0.25, -0.2) is 4.98 Å². The van der Waals surface area contributed by atoms with Gasteiger partial charge in [0.15, 0.2) is 0 Å². The molecule has 1 amide bonds. The van der Waals surface area contributed by atoms with Crippen molar-refractivity contribution >= 4 is 5.91 Å². The fourth-order valence-electron chi connectivity index (χ4n) is 3.87. The Hall–Kier alpha value is -3.09. The third-order valence-corrected chi connectivity index (χ3v) is 5.24. The molecule has 7 nitrogen and oxygen atoms in total. The lowest BCUT2D eigenvalue weighted by Crippen LogP contribution is -2.26. The van der Waals surface area contributed by atoms with Crippen LogP contribution in [0.25, 0.3) is 0 Å². The number of methoxy groups -OCH3 is 1. The number of nitrogens with one attached hydrogen (secondary N) is 2. The zero-order valence-electron chi connectivity index (χ0n) is 16.5. The number of imidazole rings is 1. The van der Waals surface area contributed by atoms with Crippen LogP contribution in [0, 0.1) is 13.8 Å². The van der Waals surface area contributed by atoms with Crippen LogP contribution in [-0.2, 0) is 19.4 Å². The highest BCUT2D eigenvalue weighted by atomic mass is 16.5. The van der Waals surface area contributed by atoms with Gasteiger partial charge in [0.1, 0.15) is 17.3 Å². The van der Waals surface area contributed by atoms with Gasteiger partial charge in [-0.15, -0.1) is 0 Å². The molecule has 3 heterocycles. The van der Waals surface area contributed by atoms with Crippen molar-refractivity contribution in [3.63, 3.8) is 0 Å². The molecule has 0 radical (unpaired) electrons. The summed E-state index contributed by atoms with van der Waals surface area (Å²) in [4.78, 5) is 20.5. The zero-order valence-corrected chi connectivity index (χ0v) is 16.5. The molecule has 2 aromatic heterocycles. The molecule has 2 N–H and O–H groups in total. The molecule has 28 heavy (non-hydrogen) atoms. The number of nitrogens with zero attached hydrogens (tertiary/aromatic N) is 3. The van der Waals surface area contributed by atoms with Crippen molar-refractivity contribution in [1.82, 2.24) is 25.1 Å². The highest BCUT2D eigenvalue weighted by Gasteiger charge is 2.27. The topological polar surface area (TPSA) is 84.8 Å². The predicted molar refractivity (Wildman–Crippen MR) is 106 cm³/mol. The van der Waals surface area contributed by atoms with Gasteiger partial charge in [-0.05, 0) is 38.0 Å². The molecule has 0 fully saturated rings. The van der Waals surface area contributed by atoms with E-state index in [1.807, 2.05) is 36.7 Å². The number of hydrogen-bond donors (Lipinski definition) is 2. The Morgan fingerprint density at radius 2 is 2.11 bits per heavy atom. The number of aromatic amines is 1. The Morgan fingerprint density at radius 3 is 2.86 bits per heavy atom. The molecule has 0 aliphatic carbocycles. The maximum atomic E-state index is 12.5. The van der Waals surface area contributed by atoms with E-state index in [4.69, 9.17) is 4.74 Å². The first-order valence-electron chi connectivity index (χ1n) is 9.55. The molecule has 0 spiro atoms. The molecule has 1 aliphatic rings. The largest absolute Gasteiger partial charge is 0.496 e. The molecule has 4 rings (SSSR count). The van der Waals surface area contributed by atoms with Crippen LogP contribution in [-0.4, -0.2) is 39.3 Å². The minimum atomic E-state index is -0.124. The van der Waals surface area contributed by atoms with Crippen LogP contribution in [0.4, 0.5) is 0 Å². The Bertz CT molecular complexity index is 1000. The van der Waals surface area contributed by atoms with Crippen molar-refractivity contribution in [1.29, 1.82) is 0 Å². The number of benzene rings is 1. The summed E-state index contributed by atoms with van der Waals surface area (Å²) < 4.78 is 7.48. The average molecular weight is 379 g/mol. The van der Waals surface area contributed by atoms with Crippen LogP contribution < -0.4 is 10.1 Å². The van der Waals surface area contributed by atoms with E-state index in [1.165, 1.54) is 0 Å². The SMILES string of the molecule is COc1ccccc1C1CNC(=O)c2nc(CCn3nc(C)cc3C)[nH]c2C1. The van der Waals surface area contributed by atoms with Crippen LogP contribution in [0.2, 0.25) is 0 Å². The molecule has 7 heteroatoms. The fourth-order valence-corrected chi connectivity index (χ4v) is 3.87. The Kier molecular flexibility index (Phi) is 4.90. The van der Waals surface area contributed by atoms with E-state index >= 15 is 0 Å². The quantitative estimate of drug-likeness (QED) is 0.713. The standard InChI is InChI=1S/C21H25N5O2/c1-13-10-14(2)26(25-13)9-8-19-23-17-11-15(12-22-21(27)20(17)24-19)16-6-4-5-7-18(16)28-3/h4-7,10,15H,8-9,11-12H2,1-3H3,(H,22,27)(H,23,24). The Morgan fingerprint density at radius 1 is 1.29 bits per heavy atom.